The highest BCUT2D eigenvalue weighted by atomic mass is 35.5. The predicted octanol–water partition coefficient (Wildman–Crippen LogP) is 5.30. The lowest BCUT2D eigenvalue weighted by atomic mass is 9.88. The first-order valence-corrected chi connectivity index (χ1v) is 8.88. The van der Waals surface area contributed by atoms with Crippen molar-refractivity contribution in [2.24, 2.45) is 5.92 Å². The van der Waals surface area contributed by atoms with Crippen molar-refractivity contribution in [2.45, 2.75) is 26.2 Å². The number of hydrogen-bond acceptors (Lipinski definition) is 3. The van der Waals surface area contributed by atoms with Crippen LogP contribution in [0, 0.1) is 17.2 Å². The van der Waals surface area contributed by atoms with Gasteiger partial charge in [-0.1, -0.05) is 30.1 Å². The van der Waals surface area contributed by atoms with Crippen LogP contribution in [-0.2, 0) is 12.8 Å². The van der Waals surface area contributed by atoms with Gasteiger partial charge in [-0.05, 0) is 48.9 Å². The number of benzene rings is 1. The molecule has 0 radical (unpaired) electrons. The summed E-state index contributed by atoms with van der Waals surface area (Å²) in [7, 11) is 0. The topological polar surface area (TPSA) is 52.9 Å². The molecule has 1 aromatic carbocycles. The number of hydrogen-bond donors (Lipinski definition) is 1. The smallest absolute Gasteiger partial charge is 0.256 e. The molecular weight excluding hydrogens is 351 g/mol. The standard InChI is InChI=1S/C17H14Cl2N2OS/c1-9-2-4-11-12(8-20)17(23-15(11)6-9)21-16(22)10-3-5-13(18)14(19)7-10/h3,5,7,9H,2,4,6H2,1H3,(H,21,22)/t9-/m1/s1. The van der Waals surface area contributed by atoms with Gasteiger partial charge in [-0.2, -0.15) is 5.26 Å². The third-order valence-electron chi connectivity index (χ3n) is 4.03. The largest absolute Gasteiger partial charge is 0.312 e. The first-order chi connectivity index (χ1) is 11.0. The van der Waals surface area contributed by atoms with E-state index in [-0.39, 0.29) is 5.91 Å². The monoisotopic (exact) mass is 364 g/mol. The SMILES string of the molecule is C[C@@H]1CCc2c(sc(NC(=O)c3ccc(Cl)c(Cl)c3)c2C#N)C1. The maximum Gasteiger partial charge on any atom is 0.256 e. The van der Waals surface area contributed by atoms with Gasteiger partial charge in [-0.3, -0.25) is 4.79 Å². The van der Waals surface area contributed by atoms with Crippen LogP contribution in [-0.4, -0.2) is 5.91 Å². The van der Waals surface area contributed by atoms with Crippen molar-refractivity contribution in [3.05, 3.63) is 49.8 Å². The second-order valence-corrected chi connectivity index (χ2v) is 7.67. The highest BCUT2D eigenvalue weighted by molar-refractivity contribution is 7.16. The number of thiophene rings is 1. The van der Waals surface area contributed by atoms with Crippen LogP contribution in [0.4, 0.5) is 5.00 Å². The summed E-state index contributed by atoms with van der Waals surface area (Å²) >= 11 is 13.3. The number of nitrogens with one attached hydrogen (secondary N) is 1. The molecule has 0 saturated heterocycles. The Balaban J connectivity index is 1.89. The normalized spacial score (nSPS) is 16.5. The molecule has 118 valence electrons. The molecule has 2 aromatic rings. The predicted molar refractivity (Wildman–Crippen MR) is 94.6 cm³/mol. The first-order valence-electron chi connectivity index (χ1n) is 7.30. The minimum absolute atomic E-state index is 0.285. The molecule has 1 heterocycles. The molecule has 0 bridgehead atoms. The summed E-state index contributed by atoms with van der Waals surface area (Å²) in [6.07, 6.45) is 2.95. The first kappa shape index (κ1) is 16.3. The van der Waals surface area contributed by atoms with Crippen LogP contribution in [0.3, 0.4) is 0 Å². The summed E-state index contributed by atoms with van der Waals surface area (Å²) in [5.41, 5.74) is 2.12. The minimum atomic E-state index is -0.285. The molecule has 0 unspecified atom stereocenters. The number of amides is 1. The molecule has 3 rings (SSSR count). The van der Waals surface area contributed by atoms with Gasteiger partial charge in [-0.25, -0.2) is 0 Å². The summed E-state index contributed by atoms with van der Waals surface area (Å²) in [5, 5.41) is 13.7. The molecule has 0 fully saturated rings. The van der Waals surface area contributed by atoms with Gasteiger partial charge in [0.2, 0.25) is 0 Å². The van der Waals surface area contributed by atoms with Crippen LogP contribution in [0.15, 0.2) is 18.2 Å². The molecule has 1 atom stereocenters. The lowest BCUT2D eigenvalue weighted by Gasteiger charge is -2.17. The molecule has 1 aliphatic carbocycles. The van der Waals surface area contributed by atoms with Crippen LogP contribution in [0.5, 0.6) is 0 Å². The van der Waals surface area contributed by atoms with Gasteiger partial charge >= 0.3 is 0 Å². The Morgan fingerprint density at radius 3 is 2.87 bits per heavy atom. The Hall–Kier alpha value is -1.54. The van der Waals surface area contributed by atoms with E-state index in [0.29, 0.717) is 32.1 Å². The van der Waals surface area contributed by atoms with Gasteiger partial charge in [0.05, 0.1) is 15.6 Å². The highest BCUT2D eigenvalue weighted by Crippen LogP contribution is 2.39. The lowest BCUT2D eigenvalue weighted by Crippen LogP contribution is -2.12. The fourth-order valence-corrected chi connectivity index (χ4v) is 4.42. The zero-order chi connectivity index (χ0) is 16.6. The molecule has 6 heteroatoms. The van der Waals surface area contributed by atoms with Crippen LogP contribution in [0.25, 0.3) is 0 Å². The van der Waals surface area contributed by atoms with Crippen molar-refractivity contribution in [1.82, 2.24) is 0 Å². The quantitative estimate of drug-likeness (QED) is 0.785. The van der Waals surface area contributed by atoms with Gasteiger partial charge in [0.15, 0.2) is 0 Å². The van der Waals surface area contributed by atoms with Crippen molar-refractivity contribution in [1.29, 1.82) is 5.26 Å². The zero-order valence-electron chi connectivity index (χ0n) is 12.5. The molecule has 0 aliphatic heterocycles. The van der Waals surface area contributed by atoms with Crippen molar-refractivity contribution in [3.8, 4) is 6.07 Å². The van der Waals surface area contributed by atoms with E-state index in [2.05, 4.69) is 18.3 Å². The van der Waals surface area contributed by atoms with E-state index in [0.717, 1.165) is 24.8 Å². The van der Waals surface area contributed by atoms with E-state index in [1.165, 1.54) is 22.3 Å². The summed E-state index contributed by atoms with van der Waals surface area (Å²) in [6.45, 7) is 2.21. The maximum absolute atomic E-state index is 12.4. The molecule has 0 spiro atoms. The summed E-state index contributed by atoms with van der Waals surface area (Å²) in [5.74, 6) is 0.332. The number of carbonyl (C=O) groups excluding carboxylic acids is 1. The van der Waals surface area contributed by atoms with Crippen LogP contribution >= 0.6 is 34.5 Å². The fraction of sp³-hybridized carbons (Fsp3) is 0.294. The highest BCUT2D eigenvalue weighted by Gasteiger charge is 2.24. The Kier molecular flexibility index (Phi) is 4.63. The average Bonchev–Trinajstić information content (AvgIpc) is 2.85. The Morgan fingerprint density at radius 2 is 2.17 bits per heavy atom. The summed E-state index contributed by atoms with van der Waals surface area (Å²) in [6, 6.07) is 6.98. The number of nitriles is 1. The number of halogens is 2. The van der Waals surface area contributed by atoms with E-state index >= 15 is 0 Å². The molecule has 1 aliphatic rings. The second kappa shape index (κ2) is 6.52. The molecule has 3 nitrogen and oxygen atoms in total. The molecule has 1 amide bonds. The molecule has 23 heavy (non-hydrogen) atoms. The van der Waals surface area contributed by atoms with E-state index < -0.39 is 0 Å². The number of nitrogens with zero attached hydrogens (tertiary/aromatic N) is 1. The van der Waals surface area contributed by atoms with E-state index in [1.807, 2.05) is 0 Å². The molecular formula is C17H14Cl2N2OS. The fourth-order valence-electron chi connectivity index (χ4n) is 2.77. The van der Waals surface area contributed by atoms with E-state index in [4.69, 9.17) is 23.2 Å². The number of fused-ring (bicyclic) bond motifs is 1. The third-order valence-corrected chi connectivity index (χ3v) is 5.94. The van der Waals surface area contributed by atoms with E-state index in [1.54, 1.807) is 12.1 Å². The molecule has 0 saturated carbocycles. The average molecular weight is 365 g/mol. The molecule has 1 N–H and O–H groups in total. The van der Waals surface area contributed by atoms with Crippen molar-refractivity contribution in [3.63, 3.8) is 0 Å². The Labute approximate surface area is 148 Å². The third kappa shape index (κ3) is 3.23. The lowest BCUT2D eigenvalue weighted by molar-refractivity contribution is 0.102. The zero-order valence-corrected chi connectivity index (χ0v) is 14.8. The van der Waals surface area contributed by atoms with Crippen molar-refractivity contribution < 1.29 is 4.79 Å². The van der Waals surface area contributed by atoms with Gasteiger partial charge in [-0.15, -0.1) is 11.3 Å². The number of carbonyl (C=O) groups is 1. The van der Waals surface area contributed by atoms with Crippen LogP contribution in [0.1, 0.15) is 39.7 Å². The summed E-state index contributed by atoms with van der Waals surface area (Å²) < 4.78 is 0. The van der Waals surface area contributed by atoms with Crippen LogP contribution in [0.2, 0.25) is 10.0 Å². The van der Waals surface area contributed by atoms with E-state index in [9.17, 15) is 10.1 Å². The Bertz CT molecular complexity index is 823. The minimum Gasteiger partial charge on any atom is -0.312 e. The number of anilines is 1. The molecule has 1 aromatic heterocycles. The van der Waals surface area contributed by atoms with Gasteiger partial charge in [0, 0.05) is 10.4 Å². The Morgan fingerprint density at radius 1 is 1.39 bits per heavy atom. The van der Waals surface area contributed by atoms with Crippen molar-refractivity contribution >= 4 is 45.4 Å². The van der Waals surface area contributed by atoms with Crippen molar-refractivity contribution in [2.75, 3.05) is 5.32 Å². The number of rotatable bonds is 2. The maximum atomic E-state index is 12.4. The van der Waals surface area contributed by atoms with Gasteiger partial charge in [0.25, 0.3) is 5.91 Å². The van der Waals surface area contributed by atoms with Gasteiger partial charge in [0.1, 0.15) is 11.1 Å². The second-order valence-electron chi connectivity index (χ2n) is 5.75. The van der Waals surface area contributed by atoms with Crippen LogP contribution < -0.4 is 5.32 Å². The van der Waals surface area contributed by atoms with Gasteiger partial charge < -0.3 is 5.32 Å². The summed E-state index contributed by atoms with van der Waals surface area (Å²) in [4.78, 5) is 13.6.